The van der Waals surface area contributed by atoms with E-state index in [0.29, 0.717) is 12.0 Å². The molecule has 1 rings (SSSR count). The fraction of sp³-hybridized carbons (Fsp3) is 0.571. The van der Waals surface area contributed by atoms with E-state index in [1.807, 2.05) is 7.05 Å². The molecule has 0 fully saturated rings. The predicted octanol–water partition coefficient (Wildman–Crippen LogP) is 3.68. The summed E-state index contributed by atoms with van der Waals surface area (Å²) in [7, 11) is 1.89. The van der Waals surface area contributed by atoms with Crippen molar-refractivity contribution in [2.45, 2.75) is 45.1 Å². The molecule has 0 aliphatic heterocycles. The molecule has 3 heteroatoms. The van der Waals surface area contributed by atoms with E-state index in [9.17, 15) is 8.78 Å². The Morgan fingerprint density at radius 1 is 1.24 bits per heavy atom. The van der Waals surface area contributed by atoms with Crippen molar-refractivity contribution >= 4 is 0 Å². The number of likely N-dealkylation sites (N-methyl/N-ethyl adjacent to an activating group) is 1. The molecule has 0 heterocycles. The molecule has 0 saturated heterocycles. The highest BCUT2D eigenvalue weighted by Gasteiger charge is 2.10. The summed E-state index contributed by atoms with van der Waals surface area (Å²) in [6.07, 6.45) is 5.17. The van der Waals surface area contributed by atoms with Crippen molar-refractivity contribution in [3.05, 3.63) is 35.4 Å². The van der Waals surface area contributed by atoms with Crippen molar-refractivity contribution in [1.29, 1.82) is 0 Å². The van der Waals surface area contributed by atoms with Crippen LogP contribution in [0.25, 0.3) is 0 Å². The lowest BCUT2D eigenvalue weighted by Gasteiger charge is -2.16. The number of unbranched alkanes of at least 4 members (excludes halogenated alkanes) is 2. The monoisotopic (exact) mass is 241 g/mol. The molecule has 0 amide bonds. The van der Waals surface area contributed by atoms with Gasteiger partial charge >= 0.3 is 0 Å². The Kier molecular flexibility index (Phi) is 6.12. The van der Waals surface area contributed by atoms with E-state index in [1.54, 1.807) is 0 Å². The maximum absolute atomic E-state index is 13.5. The minimum atomic E-state index is -0.516. The number of benzene rings is 1. The second kappa shape index (κ2) is 7.38. The Hall–Kier alpha value is -0.960. The molecule has 1 aromatic carbocycles. The zero-order valence-electron chi connectivity index (χ0n) is 10.6. The number of hydrogen-bond acceptors (Lipinski definition) is 1. The van der Waals surface area contributed by atoms with E-state index in [-0.39, 0.29) is 6.04 Å². The van der Waals surface area contributed by atoms with Crippen LogP contribution in [0.1, 0.15) is 38.2 Å². The molecule has 1 unspecified atom stereocenters. The summed E-state index contributed by atoms with van der Waals surface area (Å²) in [6, 6.07) is 4.07. The van der Waals surface area contributed by atoms with Gasteiger partial charge in [-0.25, -0.2) is 8.78 Å². The second-order valence-electron chi connectivity index (χ2n) is 4.42. The average molecular weight is 241 g/mol. The number of halogens is 2. The van der Waals surface area contributed by atoms with Gasteiger partial charge in [0.15, 0.2) is 0 Å². The van der Waals surface area contributed by atoms with E-state index in [2.05, 4.69) is 12.2 Å². The first kappa shape index (κ1) is 14.1. The lowest BCUT2D eigenvalue weighted by atomic mass is 10.00. The van der Waals surface area contributed by atoms with Crippen molar-refractivity contribution in [1.82, 2.24) is 5.32 Å². The molecule has 0 spiro atoms. The minimum Gasteiger partial charge on any atom is -0.317 e. The molecule has 1 N–H and O–H groups in total. The van der Waals surface area contributed by atoms with Crippen molar-refractivity contribution < 1.29 is 8.78 Å². The number of rotatable bonds is 7. The molecule has 0 saturated carbocycles. The van der Waals surface area contributed by atoms with Crippen LogP contribution in [0.15, 0.2) is 18.2 Å². The van der Waals surface area contributed by atoms with Crippen LogP contribution >= 0.6 is 0 Å². The van der Waals surface area contributed by atoms with Crippen molar-refractivity contribution in [3.8, 4) is 0 Å². The van der Waals surface area contributed by atoms with Crippen LogP contribution in [-0.4, -0.2) is 13.1 Å². The summed E-state index contributed by atoms with van der Waals surface area (Å²) in [5.41, 5.74) is 0.585. The lowest BCUT2D eigenvalue weighted by Crippen LogP contribution is -2.27. The summed E-state index contributed by atoms with van der Waals surface area (Å²) >= 11 is 0. The summed E-state index contributed by atoms with van der Waals surface area (Å²) < 4.78 is 26.2. The summed E-state index contributed by atoms with van der Waals surface area (Å²) in [6.45, 7) is 2.16. The van der Waals surface area contributed by atoms with Gasteiger partial charge in [0, 0.05) is 12.1 Å². The smallest absolute Gasteiger partial charge is 0.129 e. The second-order valence-corrected chi connectivity index (χ2v) is 4.42. The molecule has 96 valence electrons. The fourth-order valence-corrected chi connectivity index (χ4v) is 1.94. The zero-order valence-corrected chi connectivity index (χ0v) is 10.6. The van der Waals surface area contributed by atoms with Crippen LogP contribution in [-0.2, 0) is 6.42 Å². The topological polar surface area (TPSA) is 12.0 Å². The van der Waals surface area contributed by atoms with E-state index < -0.39 is 11.6 Å². The summed E-state index contributed by atoms with van der Waals surface area (Å²) in [5.74, 6) is -0.959. The summed E-state index contributed by atoms with van der Waals surface area (Å²) in [5, 5.41) is 3.19. The Labute approximate surface area is 102 Å². The number of nitrogens with one attached hydrogen (secondary N) is 1. The van der Waals surface area contributed by atoms with Gasteiger partial charge in [-0.1, -0.05) is 32.3 Å². The average Bonchev–Trinajstić information content (AvgIpc) is 2.31. The van der Waals surface area contributed by atoms with Crippen molar-refractivity contribution in [2.24, 2.45) is 0 Å². The molecule has 0 aromatic heterocycles. The summed E-state index contributed by atoms with van der Waals surface area (Å²) in [4.78, 5) is 0. The van der Waals surface area contributed by atoms with Gasteiger partial charge in [-0.05, 0) is 31.5 Å². The van der Waals surface area contributed by atoms with Gasteiger partial charge in [-0.2, -0.15) is 0 Å². The van der Waals surface area contributed by atoms with E-state index in [1.165, 1.54) is 25.0 Å². The van der Waals surface area contributed by atoms with Crippen LogP contribution in [0.2, 0.25) is 0 Å². The highest BCUT2D eigenvalue weighted by Crippen LogP contribution is 2.14. The Morgan fingerprint density at radius 2 is 2.00 bits per heavy atom. The molecule has 17 heavy (non-hydrogen) atoms. The lowest BCUT2D eigenvalue weighted by molar-refractivity contribution is 0.477. The van der Waals surface area contributed by atoms with Crippen molar-refractivity contribution in [2.75, 3.05) is 7.05 Å². The third-order valence-electron chi connectivity index (χ3n) is 3.05. The predicted molar refractivity (Wildman–Crippen MR) is 67.1 cm³/mol. The Morgan fingerprint density at radius 3 is 2.59 bits per heavy atom. The number of hydrogen-bond donors (Lipinski definition) is 1. The standard InChI is InChI=1S/C14H21F2N/c1-3-4-5-6-13(17-2)9-11-7-8-12(15)10-14(11)16/h7-8,10,13,17H,3-6,9H2,1-2H3. The van der Waals surface area contributed by atoms with Gasteiger partial charge in [0.2, 0.25) is 0 Å². The van der Waals surface area contributed by atoms with Gasteiger partial charge in [0.25, 0.3) is 0 Å². The molecular formula is C14H21F2N. The first-order chi connectivity index (χ1) is 8.17. The van der Waals surface area contributed by atoms with Gasteiger partial charge in [0.05, 0.1) is 0 Å². The first-order valence-corrected chi connectivity index (χ1v) is 6.28. The molecule has 0 radical (unpaired) electrons. The molecule has 1 atom stereocenters. The SMILES string of the molecule is CCCCCC(Cc1ccc(F)cc1F)NC. The van der Waals surface area contributed by atoms with Crippen molar-refractivity contribution in [3.63, 3.8) is 0 Å². The minimum absolute atomic E-state index is 0.265. The molecule has 1 nitrogen and oxygen atoms in total. The van der Waals surface area contributed by atoms with Crippen LogP contribution in [0.5, 0.6) is 0 Å². The largest absolute Gasteiger partial charge is 0.317 e. The molecule has 1 aromatic rings. The maximum Gasteiger partial charge on any atom is 0.129 e. The molecule has 0 aliphatic carbocycles. The normalized spacial score (nSPS) is 12.7. The third-order valence-corrected chi connectivity index (χ3v) is 3.05. The van der Waals surface area contributed by atoms with Gasteiger partial charge in [-0.3, -0.25) is 0 Å². The van der Waals surface area contributed by atoms with E-state index in [4.69, 9.17) is 0 Å². The highest BCUT2D eigenvalue weighted by molar-refractivity contribution is 5.19. The maximum atomic E-state index is 13.5. The van der Waals surface area contributed by atoms with Crippen LogP contribution in [0.3, 0.4) is 0 Å². The van der Waals surface area contributed by atoms with Gasteiger partial charge in [-0.15, -0.1) is 0 Å². The first-order valence-electron chi connectivity index (χ1n) is 6.28. The van der Waals surface area contributed by atoms with E-state index in [0.717, 1.165) is 18.9 Å². The molecular weight excluding hydrogens is 220 g/mol. The molecule has 0 aliphatic rings. The fourth-order valence-electron chi connectivity index (χ4n) is 1.94. The zero-order chi connectivity index (χ0) is 12.7. The third kappa shape index (κ3) is 4.82. The van der Waals surface area contributed by atoms with Crippen LogP contribution < -0.4 is 5.32 Å². The quantitative estimate of drug-likeness (QED) is 0.718. The Balaban J connectivity index is 2.54. The van der Waals surface area contributed by atoms with Gasteiger partial charge < -0.3 is 5.32 Å². The highest BCUT2D eigenvalue weighted by atomic mass is 19.1. The molecule has 0 bridgehead atoms. The van der Waals surface area contributed by atoms with Gasteiger partial charge in [0.1, 0.15) is 11.6 Å². The Bertz CT molecular complexity index is 339. The van der Waals surface area contributed by atoms with Crippen LogP contribution in [0.4, 0.5) is 8.78 Å². The van der Waals surface area contributed by atoms with E-state index >= 15 is 0 Å². The van der Waals surface area contributed by atoms with Crippen LogP contribution in [0, 0.1) is 11.6 Å².